The molecule has 20 heavy (non-hydrogen) atoms. The van der Waals surface area contributed by atoms with E-state index >= 15 is 0 Å². The summed E-state index contributed by atoms with van der Waals surface area (Å²) in [5.74, 6) is 0.292. The molecule has 0 spiro atoms. The Hall–Kier alpha value is -1.88. The highest BCUT2D eigenvalue weighted by atomic mass is 79.9. The predicted octanol–water partition coefficient (Wildman–Crippen LogP) is 4.38. The third kappa shape index (κ3) is 3.57. The van der Waals surface area contributed by atoms with E-state index in [0.29, 0.717) is 17.7 Å². The van der Waals surface area contributed by atoms with Gasteiger partial charge in [0.25, 0.3) is 0 Å². The third-order valence-corrected chi connectivity index (χ3v) is 3.54. The zero-order valence-corrected chi connectivity index (χ0v) is 12.6. The van der Waals surface area contributed by atoms with Gasteiger partial charge in [-0.05, 0) is 24.1 Å². The summed E-state index contributed by atoms with van der Waals surface area (Å²) in [6, 6.07) is 12.9. The summed E-state index contributed by atoms with van der Waals surface area (Å²) >= 11 is 3.28. The fraction of sp³-hybridized carbons (Fsp3) is 0.200. The number of hydrogen-bond donors (Lipinski definition) is 0. The summed E-state index contributed by atoms with van der Waals surface area (Å²) in [5.41, 5.74) is 2.99. The smallest absolute Gasteiger partial charge is 0.311 e. The maximum atomic E-state index is 11.1. The second-order valence-electron chi connectivity index (χ2n) is 4.47. The Morgan fingerprint density at radius 3 is 2.40 bits per heavy atom. The summed E-state index contributed by atoms with van der Waals surface area (Å²) in [6.45, 7) is 2.32. The summed E-state index contributed by atoms with van der Waals surface area (Å²) in [4.78, 5) is 10.6. The van der Waals surface area contributed by atoms with Gasteiger partial charge in [-0.25, -0.2) is 0 Å². The number of nitro benzene ring substituents is 1. The van der Waals surface area contributed by atoms with Crippen molar-refractivity contribution in [3.63, 3.8) is 0 Å². The molecule has 0 saturated heterocycles. The number of alkyl halides is 1. The first kappa shape index (κ1) is 14.5. The van der Waals surface area contributed by atoms with Crippen LogP contribution in [-0.4, -0.2) is 4.92 Å². The van der Waals surface area contributed by atoms with E-state index in [1.807, 2.05) is 37.3 Å². The molecule has 0 aliphatic carbocycles. The van der Waals surface area contributed by atoms with Gasteiger partial charge in [0, 0.05) is 11.4 Å². The predicted molar refractivity (Wildman–Crippen MR) is 81.2 cm³/mol. The average Bonchev–Trinajstić information content (AvgIpc) is 2.46. The fourth-order valence-electron chi connectivity index (χ4n) is 1.76. The Morgan fingerprint density at radius 1 is 1.15 bits per heavy atom. The fourth-order valence-corrected chi connectivity index (χ4v) is 2.10. The van der Waals surface area contributed by atoms with Crippen LogP contribution in [0.5, 0.6) is 5.75 Å². The Balaban J connectivity index is 2.16. The Bertz CT molecular complexity index is 611. The van der Waals surface area contributed by atoms with Crippen LogP contribution in [0.15, 0.2) is 42.5 Å². The highest BCUT2D eigenvalue weighted by Gasteiger charge is 2.15. The van der Waals surface area contributed by atoms with Crippen LogP contribution in [0, 0.1) is 17.0 Å². The number of ether oxygens (including phenoxy) is 1. The molecule has 4 nitrogen and oxygen atoms in total. The number of rotatable bonds is 5. The van der Waals surface area contributed by atoms with Crippen molar-refractivity contribution in [2.75, 3.05) is 0 Å². The van der Waals surface area contributed by atoms with Gasteiger partial charge in [0.05, 0.1) is 4.92 Å². The van der Waals surface area contributed by atoms with Crippen molar-refractivity contribution < 1.29 is 9.66 Å². The molecule has 0 saturated carbocycles. The van der Waals surface area contributed by atoms with E-state index in [0.717, 1.165) is 11.1 Å². The first-order valence-corrected chi connectivity index (χ1v) is 7.24. The van der Waals surface area contributed by atoms with E-state index in [4.69, 9.17) is 4.74 Å². The second-order valence-corrected chi connectivity index (χ2v) is 5.03. The minimum atomic E-state index is -0.420. The van der Waals surface area contributed by atoms with Gasteiger partial charge >= 0.3 is 5.69 Å². The van der Waals surface area contributed by atoms with Crippen LogP contribution in [0.4, 0.5) is 5.69 Å². The minimum Gasteiger partial charge on any atom is -0.482 e. The molecule has 0 N–H and O–H groups in total. The van der Waals surface area contributed by atoms with Crippen molar-refractivity contribution in [2.24, 2.45) is 0 Å². The monoisotopic (exact) mass is 335 g/mol. The quantitative estimate of drug-likeness (QED) is 0.463. The molecule has 0 fully saturated rings. The van der Waals surface area contributed by atoms with E-state index in [9.17, 15) is 10.1 Å². The zero-order chi connectivity index (χ0) is 14.5. The molecular weight excluding hydrogens is 322 g/mol. The summed E-state index contributed by atoms with van der Waals surface area (Å²) in [5, 5.41) is 11.6. The maximum Gasteiger partial charge on any atom is 0.311 e. The molecule has 2 aromatic carbocycles. The summed E-state index contributed by atoms with van der Waals surface area (Å²) in [7, 11) is 0. The van der Waals surface area contributed by atoms with Crippen LogP contribution in [0.25, 0.3) is 0 Å². The zero-order valence-electron chi connectivity index (χ0n) is 11.0. The van der Waals surface area contributed by atoms with Crippen LogP contribution in [0.3, 0.4) is 0 Å². The lowest BCUT2D eigenvalue weighted by atomic mass is 10.1. The number of benzene rings is 2. The average molecular weight is 336 g/mol. The molecule has 0 aliphatic heterocycles. The highest BCUT2D eigenvalue weighted by molar-refractivity contribution is 9.08. The van der Waals surface area contributed by atoms with Crippen LogP contribution in [0.1, 0.15) is 16.7 Å². The van der Waals surface area contributed by atoms with Gasteiger partial charge in [-0.1, -0.05) is 51.8 Å². The summed E-state index contributed by atoms with van der Waals surface area (Å²) in [6.07, 6.45) is 0. The molecule has 0 bridgehead atoms. The van der Waals surface area contributed by atoms with Gasteiger partial charge < -0.3 is 4.74 Å². The van der Waals surface area contributed by atoms with Gasteiger partial charge in [0.1, 0.15) is 6.61 Å². The standard InChI is InChI=1S/C15H14BrNO3/c1-11-2-4-12(5-3-11)10-20-15-7-6-13(9-16)8-14(15)17(18)19/h2-8H,9-10H2,1H3. The second kappa shape index (κ2) is 6.52. The Kier molecular flexibility index (Phi) is 4.74. The van der Waals surface area contributed by atoms with Gasteiger partial charge in [-0.2, -0.15) is 0 Å². The maximum absolute atomic E-state index is 11.1. The SMILES string of the molecule is Cc1ccc(COc2ccc(CBr)cc2[N+](=O)[O-])cc1. The molecule has 0 aromatic heterocycles. The molecule has 2 rings (SSSR count). The Morgan fingerprint density at radius 2 is 1.80 bits per heavy atom. The van der Waals surface area contributed by atoms with Gasteiger partial charge in [0.15, 0.2) is 5.75 Å². The van der Waals surface area contributed by atoms with Crippen LogP contribution >= 0.6 is 15.9 Å². The number of halogens is 1. The van der Waals surface area contributed by atoms with Crippen molar-refractivity contribution in [1.82, 2.24) is 0 Å². The lowest BCUT2D eigenvalue weighted by Crippen LogP contribution is -1.99. The minimum absolute atomic E-state index is 0.00550. The molecule has 0 unspecified atom stereocenters. The molecule has 0 radical (unpaired) electrons. The molecule has 5 heteroatoms. The van der Waals surface area contributed by atoms with Crippen LogP contribution in [-0.2, 0) is 11.9 Å². The molecule has 0 amide bonds. The van der Waals surface area contributed by atoms with Crippen molar-refractivity contribution in [2.45, 2.75) is 18.9 Å². The summed E-state index contributed by atoms with van der Waals surface area (Å²) < 4.78 is 5.57. The van der Waals surface area contributed by atoms with Gasteiger partial charge in [0.2, 0.25) is 0 Å². The Labute approximate surface area is 125 Å². The van der Waals surface area contributed by atoms with E-state index in [-0.39, 0.29) is 5.69 Å². The molecule has 0 aliphatic rings. The molecule has 2 aromatic rings. The van der Waals surface area contributed by atoms with Crippen molar-refractivity contribution >= 4 is 21.6 Å². The number of aryl methyl sites for hydroxylation is 1. The topological polar surface area (TPSA) is 52.4 Å². The number of nitrogens with zero attached hydrogens (tertiary/aromatic N) is 1. The number of hydrogen-bond acceptors (Lipinski definition) is 3. The van der Waals surface area contributed by atoms with Crippen molar-refractivity contribution in [1.29, 1.82) is 0 Å². The lowest BCUT2D eigenvalue weighted by Gasteiger charge is -2.08. The number of nitro groups is 1. The van der Waals surface area contributed by atoms with Crippen LogP contribution in [0.2, 0.25) is 0 Å². The molecule has 0 heterocycles. The molecular formula is C15H14BrNO3. The first-order chi connectivity index (χ1) is 9.60. The van der Waals surface area contributed by atoms with E-state index in [1.165, 1.54) is 11.6 Å². The highest BCUT2D eigenvalue weighted by Crippen LogP contribution is 2.29. The normalized spacial score (nSPS) is 10.3. The van der Waals surface area contributed by atoms with Gasteiger partial charge in [-0.15, -0.1) is 0 Å². The van der Waals surface area contributed by atoms with Gasteiger partial charge in [-0.3, -0.25) is 10.1 Å². The lowest BCUT2D eigenvalue weighted by molar-refractivity contribution is -0.386. The van der Waals surface area contributed by atoms with E-state index < -0.39 is 4.92 Å². The van der Waals surface area contributed by atoms with Crippen LogP contribution < -0.4 is 4.74 Å². The molecule has 0 atom stereocenters. The largest absolute Gasteiger partial charge is 0.482 e. The van der Waals surface area contributed by atoms with E-state index in [1.54, 1.807) is 6.07 Å². The third-order valence-electron chi connectivity index (χ3n) is 2.89. The van der Waals surface area contributed by atoms with Crippen molar-refractivity contribution in [3.05, 3.63) is 69.3 Å². The molecule has 104 valence electrons. The van der Waals surface area contributed by atoms with Crippen molar-refractivity contribution in [3.8, 4) is 5.75 Å². The first-order valence-electron chi connectivity index (χ1n) is 6.12. The van der Waals surface area contributed by atoms with E-state index in [2.05, 4.69) is 15.9 Å².